The van der Waals surface area contributed by atoms with Gasteiger partial charge in [-0.05, 0) is 6.42 Å². The van der Waals surface area contributed by atoms with Crippen LogP contribution in [0.15, 0.2) is 4.52 Å². The zero-order valence-electron chi connectivity index (χ0n) is 11.2. The van der Waals surface area contributed by atoms with Gasteiger partial charge in [-0.15, -0.1) is 0 Å². The monoisotopic (exact) mass is 261 g/mol. The molecular weight excluding hydrogens is 242 g/mol. The van der Waals surface area contributed by atoms with Crippen LogP contribution in [-0.4, -0.2) is 52.7 Å². The standard InChI is InChI=1S/C13H19N5O/c1-10(3-2-4-14)13-15-12(16-19-13)11-9-17-5-7-18(11)8-6-17/h10-11H,2-3,5-9H2,1H3. The van der Waals surface area contributed by atoms with E-state index in [1.54, 1.807) is 0 Å². The lowest BCUT2D eigenvalue weighted by Gasteiger charge is -2.46. The Hall–Kier alpha value is -1.45. The number of hydrogen-bond acceptors (Lipinski definition) is 6. The normalized spacial score (nSPS) is 31.1. The third kappa shape index (κ3) is 2.48. The lowest BCUT2D eigenvalue weighted by atomic mass is 10.1. The van der Waals surface area contributed by atoms with Crippen LogP contribution in [0.5, 0.6) is 0 Å². The fourth-order valence-corrected chi connectivity index (χ4v) is 2.85. The third-order valence-electron chi connectivity index (χ3n) is 4.15. The largest absolute Gasteiger partial charge is 0.339 e. The minimum Gasteiger partial charge on any atom is -0.339 e. The topological polar surface area (TPSA) is 69.2 Å². The maximum absolute atomic E-state index is 8.61. The second-order valence-corrected chi connectivity index (χ2v) is 5.44. The summed E-state index contributed by atoms with van der Waals surface area (Å²) in [5.41, 5.74) is 0. The van der Waals surface area contributed by atoms with Gasteiger partial charge in [-0.3, -0.25) is 9.80 Å². The number of aromatic nitrogens is 2. The third-order valence-corrected chi connectivity index (χ3v) is 4.15. The molecule has 2 atom stereocenters. The summed E-state index contributed by atoms with van der Waals surface area (Å²) in [5.74, 6) is 1.64. The summed E-state index contributed by atoms with van der Waals surface area (Å²) in [7, 11) is 0. The van der Waals surface area contributed by atoms with Crippen molar-refractivity contribution in [3.8, 4) is 6.07 Å². The first-order valence-electron chi connectivity index (χ1n) is 6.95. The van der Waals surface area contributed by atoms with E-state index in [2.05, 4.69) is 26.0 Å². The van der Waals surface area contributed by atoms with Crippen LogP contribution >= 0.6 is 0 Å². The van der Waals surface area contributed by atoms with Crippen molar-refractivity contribution in [2.75, 3.05) is 32.7 Å². The van der Waals surface area contributed by atoms with Gasteiger partial charge >= 0.3 is 0 Å². The molecule has 4 heterocycles. The highest BCUT2D eigenvalue weighted by atomic mass is 16.5. The molecule has 6 heteroatoms. The zero-order valence-corrected chi connectivity index (χ0v) is 11.2. The van der Waals surface area contributed by atoms with Gasteiger partial charge in [0.25, 0.3) is 0 Å². The predicted molar refractivity (Wildman–Crippen MR) is 68.3 cm³/mol. The number of piperazine rings is 3. The molecule has 2 unspecified atom stereocenters. The summed E-state index contributed by atoms with van der Waals surface area (Å²) in [6, 6.07) is 2.44. The van der Waals surface area contributed by atoms with E-state index in [-0.39, 0.29) is 12.0 Å². The highest BCUT2D eigenvalue weighted by Gasteiger charge is 2.35. The van der Waals surface area contributed by atoms with E-state index < -0.39 is 0 Å². The molecule has 0 aromatic carbocycles. The van der Waals surface area contributed by atoms with Crippen molar-refractivity contribution in [3.05, 3.63) is 11.7 Å². The molecule has 3 fully saturated rings. The van der Waals surface area contributed by atoms with E-state index in [4.69, 9.17) is 9.78 Å². The van der Waals surface area contributed by atoms with Gasteiger partial charge in [0.15, 0.2) is 5.82 Å². The van der Waals surface area contributed by atoms with Gasteiger partial charge in [-0.2, -0.15) is 10.2 Å². The Morgan fingerprint density at radius 1 is 1.42 bits per heavy atom. The van der Waals surface area contributed by atoms with E-state index in [9.17, 15) is 0 Å². The van der Waals surface area contributed by atoms with Crippen LogP contribution in [0.25, 0.3) is 0 Å². The van der Waals surface area contributed by atoms with Gasteiger partial charge in [-0.25, -0.2) is 0 Å². The molecule has 102 valence electrons. The smallest absolute Gasteiger partial charge is 0.229 e. The molecule has 0 amide bonds. The quantitative estimate of drug-likeness (QED) is 0.809. The molecule has 4 rings (SSSR count). The van der Waals surface area contributed by atoms with Gasteiger partial charge in [0.2, 0.25) is 5.89 Å². The predicted octanol–water partition coefficient (Wildman–Crippen LogP) is 1.15. The highest BCUT2D eigenvalue weighted by molar-refractivity contribution is 5.03. The zero-order chi connectivity index (χ0) is 13.2. The first kappa shape index (κ1) is 12.6. The van der Waals surface area contributed by atoms with Gasteiger partial charge < -0.3 is 4.52 Å². The molecule has 3 aliphatic heterocycles. The fraction of sp³-hybridized carbons (Fsp3) is 0.769. The van der Waals surface area contributed by atoms with Crippen LogP contribution in [0, 0.1) is 11.3 Å². The Morgan fingerprint density at radius 3 is 2.84 bits per heavy atom. The van der Waals surface area contributed by atoms with Crippen molar-refractivity contribution >= 4 is 0 Å². The molecule has 3 aliphatic rings. The molecule has 0 spiro atoms. The SMILES string of the molecule is CC(CCC#N)c1nc(C2CN3CCN2CC3)no1. The molecule has 0 radical (unpaired) electrons. The van der Waals surface area contributed by atoms with Crippen LogP contribution in [0.2, 0.25) is 0 Å². The number of fused-ring (bicyclic) bond motifs is 3. The number of nitriles is 1. The van der Waals surface area contributed by atoms with E-state index in [1.165, 1.54) is 0 Å². The minimum atomic E-state index is 0.164. The maximum Gasteiger partial charge on any atom is 0.229 e. The molecule has 19 heavy (non-hydrogen) atoms. The second kappa shape index (κ2) is 5.27. The summed E-state index contributed by atoms with van der Waals surface area (Å²) in [5, 5.41) is 12.8. The van der Waals surface area contributed by atoms with Crippen LogP contribution in [0.1, 0.15) is 43.4 Å². The van der Waals surface area contributed by atoms with E-state index >= 15 is 0 Å². The molecule has 1 aromatic heterocycles. The van der Waals surface area contributed by atoms with Crippen LogP contribution in [0.4, 0.5) is 0 Å². The summed E-state index contributed by atoms with van der Waals surface area (Å²) < 4.78 is 5.37. The summed E-state index contributed by atoms with van der Waals surface area (Å²) in [6.45, 7) is 7.54. The van der Waals surface area contributed by atoms with Crippen molar-refractivity contribution in [2.45, 2.75) is 31.7 Å². The lowest BCUT2D eigenvalue weighted by Crippen LogP contribution is -2.57. The van der Waals surface area contributed by atoms with E-state index in [0.717, 1.165) is 45.0 Å². The highest BCUT2D eigenvalue weighted by Crippen LogP contribution is 2.28. The molecule has 2 bridgehead atoms. The Kier molecular flexibility index (Phi) is 3.49. The Bertz CT molecular complexity index is 472. The van der Waals surface area contributed by atoms with Crippen LogP contribution in [-0.2, 0) is 0 Å². The van der Waals surface area contributed by atoms with E-state index in [1.807, 2.05) is 6.92 Å². The van der Waals surface area contributed by atoms with Crippen LogP contribution in [0.3, 0.4) is 0 Å². The van der Waals surface area contributed by atoms with Crippen LogP contribution < -0.4 is 0 Å². The van der Waals surface area contributed by atoms with Gasteiger partial charge in [-0.1, -0.05) is 12.1 Å². The molecule has 0 N–H and O–H groups in total. The number of nitrogens with zero attached hydrogens (tertiary/aromatic N) is 5. The maximum atomic E-state index is 8.61. The Morgan fingerprint density at radius 2 is 2.21 bits per heavy atom. The molecule has 0 aliphatic carbocycles. The Labute approximate surface area is 113 Å². The summed E-state index contributed by atoms with van der Waals surface area (Å²) in [4.78, 5) is 9.45. The minimum absolute atomic E-state index is 0.164. The van der Waals surface area contributed by atoms with Crippen molar-refractivity contribution in [2.24, 2.45) is 0 Å². The average Bonchev–Trinajstić information content (AvgIpc) is 2.95. The first-order valence-corrected chi connectivity index (χ1v) is 6.95. The fourth-order valence-electron chi connectivity index (χ4n) is 2.85. The Balaban J connectivity index is 1.69. The number of hydrogen-bond donors (Lipinski definition) is 0. The van der Waals surface area contributed by atoms with Crippen molar-refractivity contribution < 1.29 is 4.52 Å². The molecule has 1 aromatic rings. The lowest BCUT2D eigenvalue weighted by molar-refractivity contribution is 0.00781. The average molecular weight is 261 g/mol. The number of rotatable bonds is 4. The van der Waals surface area contributed by atoms with Crippen molar-refractivity contribution in [1.82, 2.24) is 19.9 Å². The second-order valence-electron chi connectivity index (χ2n) is 5.44. The summed E-state index contributed by atoms with van der Waals surface area (Å²) >= 11 is 0. The van der Waals surface area contributed by atoms with Gasteiger partial charge in [0.1, 0.15) is 0 Å². The van der Waals surface area contributed by atoms with Gasteiger partial charge in [0, 0.05) is 45.1 Å². The first-order chi connectivity index (χ1) is 9.28. The molecule has 6 nitrogen and oxygen atoms in total. The van der Waals surface area contributed by atoms with Crippen molar-refractivity contribution in [3.63, 3.8) is 0 Å². The molecule has 0 saturated carbocycles. The van der Waals surface area contributed by atoms with E-state index in [0.29, 0.717) is 12.3 Å². The van der Waals surface area contributed by atoms with Crippen molar-refractivity contribution in [1.29, 1.82) is 5.26 Å². The van der Waals surface area contributed by atoms with Gasteiger partial charge in [0.05, 0.1) is 12.1 Å². The molecule has 3 saturated heterocycles. The molecular formula is C13H19N5O. The summed E-state index contributed by atoms with van der Waals surface area (Å²) in [6.07, 6.45) is 1.31.